The highest BCUT2D eigenvalue weighted by atomic mass is 32.1. The molecular weight excluding hydrogens is 356 g/mol. The summed E-state index contributed by atoms with van der Waals surface area (Å²) >= 11 is 1.71. The third-order valence-electron chi connectivity index (χ3n) is 4.72. The zero-order valence-corrected chi connectivity index (χ0v) is 16.2. The maximum absolute atomic E-state index is 5.99. The minimum Gasteiger partial charge on any atom is -0.328 e. The fourth-order valence-corrected chi connectivity index (χ4v) is 4.11. The minimum absolute atomic E-state index is 0.357. The quantitative estimate of drug-likeness (QED) is 0.704. The second-order valence-electron chi connectivity index (χ2n) is 6.98. The highest BCUT2D eigenvalue weighted by molar-refractivity contribution is 7.15. The molecule has 0 radical (unpaired) electrons. The highest BCUT2D eigenvalue weighted by Crippen LogP contribution is 2.27. The lowest BCUT2D eigenvalue weighted by molar-refractivity contribution is 0.205. The number of rotatable bonds is 5. The van der Waals surface area contributed by atoms with Crippen molar-refractivity contribution in [2.45, 2.75) is 32.4 Å². The summed E-state index contributed by atoms with van der Waals surface area (Å²) in [6.07, 6.45) is 5.86. The number of nitrogens with two attached hydrogens (primary N) is 1. The van der Waals surface area contributed by atoms with Gasteiger partial charge in [-0.05, 0) is 49.6 Å². The SMILES string of the molecule is Cc1ccnc(Nc2cccc(-c3cnc(CN4CCC(N)CC4)s3)n2)c1. The lowest BCUT2D eigenvalue weighted by atomic mass is 10.1. The number of hydrogen-bond donors (Lipinski definition) is 2. The molecule has 0 aromatic carbocycles. The second-order valence-corrected chi connectivity index (χ2v) is 8.10. The minimum atomic E-state index is 0.357. The molecule has 0 spiro atoms. The van der Waals surface area contributed by atoms with Gasteiger partial charge in [-0.3, -0.25) is 4.90 Å². The van der Waals surface area contributed by atoms with Crippen LogP contribution in [0.15, 0.2) is 42.7 Å². The maximum Gasteiger partial charge on any atom is 0.132 e. The molecule has 4 heterocycles. The molecule has 0 atom stereocenters. The second kappa shape index (κ2) is 8.12. The van der Waals surface area contributed by atoms with Crippen LogP contribution in [-0.2, 0) is 6.54 Å². The molecule has 0 saturated carbocycles. The zero-order valence-electron chi connectivity index (χ0n) is 15.4. The molecule has 1 saturated heterocycles. The first-order valence-corrected chi connectivity index (χ1v) is 10.1. The molecule has 0 unspecified atom stereocenters. The van der Waals surface area contributed by atoms with Crippen LogP contribution < -0.4 is 11.1 Å². The predicted molar refractivity (Wildman–Crippen MR) is 110 cm³/mol. The summed E-state index contributed by atoms with van der Waals surface area (Å²) in [7, 11) is 0. The van der Waals surface area contributed by atoms with E-state index in [0.717, 1.165) is 65.3 Å². The molecule has 4 rings (SSSR count). The van der Waals surface area contributed by atoms with Crippen molar-refractivity contribution < 1.29 is 0 Å². The summed E-state index contributed by atoms with van der Waals surface area (Å²) in [4.78, 5) is 17.2. The molecule has 1 aliphatic heterocycles. The van der Waals surface area contributed by atoms with E-state index in [2.05, 4.69) is 20.2 Å². The van der Waals surface area contributed by atoms with E-state index in [1.807, 2.05) is 43.5 Å². The lowest BCUT2D eigenvalue weighted by Gasteiger charge is -2.29. The molecule has 140 valence electrons. The summed E-state index contributed by atoms with van der Waals surface area (Å²) in [5.41, 5.74) is 8.08. The molecule has 3 aromatic heterocycles. The van der Waals surface area contributed by atoms with Crippen LogP contribution in [0.2, 0.25) is 0 Å². The number of nitrogens with zero attached hydrogens (tertiary/aromatic N) is 4. The average molecular weight is 381 g/mol. The van der Waals surface area contributed by atoms with E-state index >= 15 is 0 Å². The molecule has 0 amide bonds. The van der Waals surface area contributed by atoms with Crippen LogP contribution in [0.1, 0.15) is 23.4 Å². The first kappa shape index (κ1) is 18.0. The Balaban J connectivity index is 1.45. The van der Waals surface area contributed by atoms with Gasteiger partial charge in [-0.2, -0.15) is 0 Å². The van der Waals surface area contributed by atoms with Crippen LogP contribution >= 0.6 is 11.3 Å². The maximum atomic E-state index is 5.99. The Morgan fingerprint density at radius 2 is 2.04 bits per heavy atom. The molecule has 6 nitrogen and oxygen atoms in total. The number of thiazole rings is 1. The summed E-state index contributed by atoms with van der Waals surface area (Å²) in [5.74, 6) is 1.58. The predicted octanol–water partition coefficient (Wildman–Crippen LogP) is 3.58. The van der Waals surface area contributed by atoms with E-state index in [1.165, 1.54) is 0 Å². The van der Waals surface area contributed by atoms with Crippen molar-refractivity contribution >= 4 is 23.0 Å². The molecule has 7 heteroatoms. The monoisotopic (exact) mass is 380 g/mol. The zero-order chi connectivity index (χ0) is 18.6. The number of nitrogens with one attached hydrogen (secondary N) is 1. The summed E-state index contributed by atoms with van der Waals surface area (Å²) in [6, 6.07) is 10.3. The number of piperidine rings is 1. The number of anilines is 2. The van der Waals surface area contributed by atoms with Crippen LogP contribution in [0.5, 0.6) is 0 Å². The third-order valence-corrected chi connectivity index (χ3v) is 5.72. The van der Waals surface area contributed by atoms with Gasteiger partial charge in [-0.25, -0.2) is 15.0 Å². The number of pyridine rings is 2. The number of aryl methyl sites for hydroxylation is 1. The highest BCUT2D eigenvalue weighted by Gasteiger charge is 2.17. The Kier molecular flexibility index (Phi) is 5.42. The Morgan fingerprint density at radius 3 is 2.85 bits per heavy atom. The van der Waals surface area contributed by atoms with E-state index in [9.17, 15) is 0 Å². The molecule has 1 aliphatic rings. The van der Waals surface area contributed by atoms with Gasteiger partial charge in [-0.1, -0.05) is 6.07 Å². The van der Waals surface area contributed by atoms with Gasteiger partial charge in [0.15, 0.2) is 0 Å². The van der Waals surface area contributed by atoms with Crippen LogP contribution in [0.25, 0.3) is 10.6 Å². The van der Waals surface area contributed by atoms with Gasteiger partial charge in [-0.15, -0.1) is 11.3 Å². The van der Waals surface area contributed by atoms with Crippen molar-refractivity contribution in [3.8, 4) is 10.6 Å². The molecule has 27 heavy (non-hydrogen) atoms. The van der Waals surface area contributed by atoms with E-state index in [-0.39, 0.29) is 0 Å². The van der Waals surface area contributed by atoms with Crippen molar-refractivity contribution in [3.05, 3.63) is 53.3 Å². The van der Waals surface area contributed by atoms with Crippen molar-refractivity contribution in [2.24, 2.45) is 5.73 Å². The molecule has 0 aliphatic carbocycles. The Hall–Kier alpha value is -2.35. The van der Waals surface area contributed by atoms with Crippen molar-refractivity contribution in [1.82, 2.24) is 19.9 Å². The lowest BCUT2D eigenvalue weighted by Crippen LogP contribution is -2.39. The van der Waals surface area contributed by atoms with Crippen LogP contribution in [0.4, 0.5) is 11.6 Å². The Morgan fingerprint density at radius 1 is 1.19 bits per heavy atom. The first-order valence-electron chi connectivity index (χ1n) is 9.25. The average Bonchev–Trinajstić information content (AvgIpc) is 3.13. The van der Waals surface area contributed by atoms with Gasteiger partial charge in [0.2, 0.25) is 0 Å². The fourth-order valence-electron chi connectivity index (χ4n) is 3.18. The van der Waals surface area contributed by atoms with Crippen molar-refractivity contribution in [1.29, 1.82) is 0 Å². The van der Waals surface area contributed by atoms with Crippen LogP contribution in [0.3, 0.4) is 0 Å². The van der Waals surface area contributed by atoms with E-state index in [0.29, 0.717) is 6.04 Å². The Bertz CT molecular complexity index is 901. The van der Waals surface area contributed by atoms with E-state index < -0.39 is 0 Å². The van der Waals surface area contributed by atoms with Gasteiger partial charge in [0.25, 0.3) is 0 Å². The van der Waals surface area contributed by atoms with Gasteiger partial charge in [0.1, 0.15) is 16.6 Å². The number of aromatic nitrogens is 3. The van der Waals surface area contributed by atoms with Crippen molar-refractivity contribution in [2.75, 3.05) is 18.4 Å². The standard InChI is InChI=1S/C20H24N6S/c1-14-5-8-22-19(11-14)25-18-4-2-3-16(24-18)17-12-23-20(27-17)13-26-9-6-15(21)7-10-26/h2-5,8,11-12,15H,6-7,9-10,13,21H2,1H3,(H,22,24,25). The molecule has 3 N–H and O–H groups in total. The smallest absolute Gasteiger partial charge is 0.132 e. The van der Waals surface area contributed by atoms with Crippen LogP contribution in [-0.4, -0.2) is 39.0 Å². The van der Waals surface area contributed by atoms with Gasteiger partial charge < -0.3 is 11.1 Å². The normalized spacial score (nSPS) is 15.8. The number of hydrogen-bond acceptors (Lipinski definition) is 7. The van der Waals surface area contributed by atoms with E-state index in [4.69, 9.17) is 10.7 Å². The molecular formula is C20H24N6S. The number of likely N-dealkylation sites (tertiary alicyclic amines) is 1. The largest absolute Gasteiger partial charge is 0.328 e. The molecule has 0 bridgehead atoms. The summed E-state index contributed by atoms with van der Waals surface area (Å²) in [5, 5.41) is 4.40. The first-order chi connectivity index (χ1) is 13.2. The van der Waals surface area contributed by atoms with Gasteiger partial charge in [0.05, 0.1) is 17.1 Å². The summed E-state index contributed by atoms with van der Waals surface area (Å²) in [6.45, 7) is 5.04. The van der Waals surface area contributed by atoms with Gasteiger partial charge >= 0.3 is 0 Å². The summed E-state index contributed by atoms with van der Waals surface area (Å²) < 4.78 is 0. The van der Waals surface area contributed by atoms with Crippen molar-refractivity contribution in [3.63, 3.8) is 0 Å². The topological polar surface area (TPSA) is 80.0 Å². The third kappa shape index (κ3) is 4.68. The Labute approximate surface area is 163 Å². The molecule has 3 aromatic rings. The fraction of sp³-hybridized carbons (Fsp3) is 0.350. The molecule has 1 fully saturated rings. The van der Waals surface area contributed by atoms with E-state index in [1.54, 1.807) is 17.5 Å². The van der Waals surface area contributed by atoms with Gasteiger partial charge in [0, 0.05) is 31.5 Å². The van der Waals surface area contributed by atoms with Crippen LogP contribution in [0, 0.1) is 6.92 Å².